The summed E-state index contributed by atoms with van der Waals surface area (Å²) in [7, 11) is 0. The number of aromatic nitrogens is 3. The van der Waals surface area contributed by atoms with E-state index in [1.54, 1.807) is 0 Å². The van der Waals surface area contributed by atoms with Gasteiger partial charge >= 0.3 is 0 Å². The van der Waals surface area contributed by atoms with E-state index in [0.29, 0.717) is 25.0 Å². The number of hydrogen-bond donors (Lipinski definition) is 1. The van der Waals surface area contributed by atoms with E-state index in [9.17, 15) is 9.59 Å². The molecule has 25 heavy (non-hydrogen) atoms. The van der Waals surface area contributed by atoms with E-state index in [2.05, 4.69) is 20.1 Å². The van der Waals surface area contributed by atoms with Crippen LogP contribution in [0.1, 0.15) is 42.9 Å². The summed E-state index contributed by atoms with van der Waals surface area (Å²) in [6, 6.07) is 9.84. The molecule has 6 nitrogen and oxygen atoms in total. The number of carbonyl (C=O) groups is 2. The van der Waals surface area contributed by atoms with Gasteiger partial charge in [-0.15, -0.1) is 10.2 Å². The molecule has 4 rings (SSSR count). The third kappa shape index (κ3) is 3.12. The molecule has 2 heterocycles. The Bertz CT molecular complexity index is 852. The Hall–Kier alpha value is -2.76. The Morgan fingerprint density at radius 3 is 2.80 bits per heavy atom. The van der Waals surface area contributed by atoms with E-state index < -0.39 is 0 Å². The average Bonchev–Trinajstić information content (AvgIpc) is 3.32. The van der Waals surface area contributed by atoms with Gasteiger partial charge in [0, 0.05) is 25.0 Å². The van der Waals surface area contributed by atoms with Crippen molar-refractivity contribution in [3.05, 3.63) is 53.1 Å². The molecule has 0 bridgehead atoms. The summed E-state index contributed by atoms with van der Waals surface area (Å²) in [6.07, 6.45) is 3.36. The third-order valence-electron chi connectivity index (χ3n) is 4.89. The molecule has 2 aliphatic rings. The third-order valence-corrected chi connectivity index (χ3v) is 4.89. The normalized spacial score (nSPS) is 16.4. The number of fused-ring (bicyclic) bond motifs is 1. The van der Waals surface area contributed by atoms with E-state index in [-0.39, 0.29) is 18.1 Å². The van der Waals surface area contributed by atoms with Crippen LogP contribution in [0.2, 0.25) is 0 Å². The molecule has 0 radical (unpaired) electrons. The number of nitrogens with one attached hydrogen (secondary N) is 1. The molecule has 2 aromatic rings. The van der Waals surface area contributed by atoms with Gasteiger partial charge in [-0.2, -0.15) is 0 Å². The number of ketones is 1. The fourth-order valence-electron chi connectivity index (χ4n) is 3.61. The van der Waals surface area contributed by atoms with Crippen molar-refractivity contribution in [2.24, 2.45) is 0 Å². The smallest absolute Gasteiger partial charge is 0.224 e. The van der Waals surface area contributed by atoms with Crippen molar-refractivity contribution >= 4 is 17.3 Å². The van der Waals surface area contributed by atoms with E-state index in [4.69, 9.17) is 0 Å². The van der Waals surface area contributed by atoms with Gasteiger partial charge in [0.2, 0.25) is 5.91 Å². The zero-order chi connectivity index (χ0) is 17.2. The highest BCUT2D eigenvalue weighted by molar-refractivity contribution is 6.10. The van der Waals surface area contributed by atoms with Crippen molar-refractivity contribution in [2.75, 3.05) is 0 Å². The van der Waals surface area contributed by atoms with Crippen LogP contribution in [0.4, 0.5) is 0 Å². The maximum atomic E-state index is 12.4. The minimum atomic E-state index is -0.144. The van der Waals surface area contributed by atoms with E-state index in [0.717, 1.165) is 42.2 Å². The quantitative estimate of drug-likeness (QED) is 0.906. The van der Waals surface area contributed by atoms with E-state index in [1.165, 1.54) is 0 Å². The Morgan fingerprint density at radius 2 is 1.96 bits per heavy atom. The number of Topliss-reactive ketones (excluding diaryl/α,β-unsaturated/α-hetero) is 1. The lowest BCUT2D eigenvalue weighted by Crippen LogP contribution is -2.25. The largest absolute Gasteiger partial charge is 0.349 e. The number of amides is 1. The van der Waals surface area contributed by atoms with Gasteiger partial charge < -0.3 is 9.88 Å². The van der Waals surface area contributed by atoms with Crippen LogP contribution < -0.4 is 5.32 Å². The Morgan fingerprint density at radius 1 is 1.12 bits per heavy atom. The van der Waals surface area contributed by atoms with Gasteiger partial charge in [-0.05, 0) is 24.0 Å². The highest BCUT2D eigenvalue weighted by Crippen LogP contribution is 2.33. The second kappa shape index (κ2) is 6.63. The van der Waals surface area contributed by atoms with Gasteiger partial charge in [-0.1, -0.05) is 30.3 Å². The Balaban J connectivity index is 1.45. The maximum absolute atomic E-state index is 12.4. The lowest BCUT2D eigenvalue weighted by Gasteiger charge is -2.08. The summed E-state index contributed by atoms with van der Waals surface area (Å²) in [5.74, 6) is 1.71. The van der Waals surface area contributed by atoms with Gasteiger partial charge in [0.25, 0.3) is 0 Å². The van der Waals surface area contributed by atoms with Crippen LogP contribution in [0, 0.1) is 0 Å². The predicted molar refractivity (Wildman–Crippen MR) is 92.4 cm³/mol. The lowest BCUT2D eigenvalue weighted by molar-refractivity contribution is -0.122. The summed E-state index contributed by atoms with van der Waals surface area (Å²) in [4.78, 5) is 24.6. The first kappa shape index (κ1) is 15.7. The number of nitrogens with zero attached hydrogens (tertiary/aromatic N) is 3. The van der Waals surface area contributed by atoms with Crippen molar-refractivity contribution in [1.29, 1.82) is 0 Å². The summed E-state index contributed by atoms with van der Waals surface area (Å²) in [6.45, 7) is 1.27. The molecule has 1 aliphatic heterocycles. The summed E-state index contributed by atoms with van der Waals surface area (Å²) in [5, 5.41) is 11.2. The van der Waals surface area contributed by atoms with Gasteiger partial charge in [-0.25, -0.2) is 0 Å². The van der Waals surface area contributed by atoms with Gasteiger partial charge in [0.1, 0.15) is 5.82 Å². The fourth-order valence-corrected chi connectivity index (χ4v) is 3.61. The Labute approximate surface area is 146 Å². The number of aryl methyl sites for hydroxylation is 1. The lowest BCUT2D eigenvalue weighted by atomic mass is 10.00. The van der Waals surface area contributed by atoms with Gasteiger partial charge in [-0.3, -0.25) is 9.59 Å². The highest BCUT2D eigenvalue weighted by atomic mass is 16.2. The second-order valence-corrected chi connectivity index (χ2v) is 6.49. The van der Waals surface area contributed by atoms with Crippen LogP contribution in [0.5, 0.6) is 0 Å². The fraction of sp³-hybridized carbons (Fsp3) is 0.368. The average molecular weight is 336 g/mol. The van der Waals surface area contributed by atoms with Gasteiger partial charge in [0.15, 0.2) is 11.6 Å². The first-order valence-corrected chi connectivity index (χ1v) is 8.70. The van der Waals surface area contributed by atoms with Crippen molar-refractivity contribution in [1.82, 2.24) is 20.1 Å². The van der Waals surface area contributed by atoms with Gasteiger partial charge in [0.05, 0.1) is 13.0 Å². The van der Waals surface area contributed by atoms with E-state index >= 15 is 0 Å². The maximum Gasteiger partial charge on any atom is 0.224 e. The first-order chi connectivity index (χ1) is 12.2. The number of benzene rings is 1. The molecule has 1 aliphatic carbocycles. The van der Waals surface area contributed by atoms with Crippen molar-refractivity contribution in [2.45, 2.75) is 45.2 Å². The van der Waals surface area contributed by atoms with Crippen LogP contribution in [-0.4, -0.2) is 26.5 Å². The number of hydrogen-bond acceptors (Lipinski definition) is 4. The first-order valence-electron chi connectivity index (χ1n) is 8.70. The molecule has 0 unspecified atom stereocenters. The van der Waals surface area contributed by atoms with Crippen molar-refractivity contribution < 1.29 is 9.59 Å². The molecule has 0 saturated heterocycles. The summed E-state index contributed by atoms with van der Waals surface area (Å²) in [5.41, 5.74) is 2.69. The number of carbonyl (C=O) groups excluding carboxylic acids is 2. The SMILES string of the molecule is O=C(CC1=C(c2ccccc2)CCC1=O)NCc1nnc2n1CCC2. The molecule has 1 amide bonds. The molecule has 128 valence electrons. The molecular weight excluding hydrogens is 316 g/mol. The van der Waals surface area contributed by atoms with Crippen LogP contribution in [-0.2, 0) is 29.1 Å². The molecule has 0 fully saturated rings. The number of allylic oxidation sites excluding steroid dienone is 1. The van der Waals surface area contributed by atoms with Crippen molar-refractivity contribution in [3.8, 4) is 0 Å². The topological polar surface area (TPSA) is 76.9 Å². The van der Waals surface area contributed by atoms with E-state index in [1.807, 2.05) is 30.3 Å². The summed E-state index contributed by atoms with van der Waals surface area (Å²) >= 11 is 0. The molecule has 1 aromatic carbocycles. The Kier molecular flexibility index (Phi) is 4.17. The number of rotatable bonds is 5. The van der Waals surface area contributed by atoms with Crippen molar-refractivity contribution in [3.63, 3.8) is 0 Å². The molecule has 0 saturated carbocycles. The second-order valence-electron chi connectivity index (χ2n) is 6.49. The minimum absolute atomic E-state index is 0.0809. The molecule has 6 heteroatoms. The van der Waals surface area contributed by atoms with Crippen LogP contribution >= 0.6 is 0 Å². The molecular formula is C19H20N4O2. The van der Waals surface area contributed by atoms with Crippen LogP contribution in [0.15, 0.2) is 35.9 Å². The zero-order valence-electron chi connectivity index (χ0n) is 14.0. The molecule has 0 spiro atoms. The molecule has 0 atom stereocenters. The van der Waals surface area contributed by atoms with Crippen LogP contribution in [0.25, 0.3) is 5.57 Å². The zero-order valence-corrected chi connectivity index (χ0v) is 14.0. The molecule has 1 aromatic heterocycles. The molecule has 1 N–H and O–H groups in total. The standard InChI is InChI=1S/C19H20N4O2/c24-16-9-8-14(13-5-2-1-3-6-13)15(16)11-19(25)20-12-18-22-21-17-7-4-10-23(17)18/h1-3,5-6H,4,7-12H2,(H,20,25). The van der Waals surface area contributed by atoms with Crippen LogP contribution in [0.3, 0.4) is 0 Å². The summed E-state index contributed by atoms with van der Waals surface area (Å²) < 4.78 is 2.07. The monoisotopic (exact) mass is 336 g/mol. The highest BCUT2D eigenvalue weighted by Gasteiger charge is 2.26. The minimum Gasteiger partial charge on any atom is -0.349 e. The predicted octanol–water partition coefficient (Wildman–Crippen LogP) is 2.05.